The van der Waals surface area contributed by atoms with Gasteiger partial charge >= 0.3 is 11.7 Å². The number of benzene rings is 1. The zero-order valence-corrected chi connectivity index (χ0v) is 12.8. The molecule has 2 aromatic rings. The van der Waals surface area contributed by atoms with Crippen LogP contribution in [0.5, 0.6) is 0 Å². The van der Waals surface area contributed by atoms with Gasteiger partial charge < -0.3 is 9.72 Å². The van der Waals surface area contributed by atoms with Gasteiger partial charge in [-0.1, -0.05) is 13.8 Å². The van der Waals surface area contributed by atoms with E-state index in [0.717, 1.165) is 0 Å². The van der Waals surface area contributed by atoms with Gasteiger partial charge in [-0.2, -0.15) is 4.98 Å². The van der Waals surface area contributed by atoms with Crippen molar-refractivity contribution in [1.29, 1.82) is 0 Å². The molecule has 8 nitrogen and oxygen atoms in total. The summed E-state index contributed by atoms with van der Waals surface area (Å²) in [6.45, 7) is 3.63. The number of nitrogens with zero attached hydrogens (tertiary/aromatic N) is 2. The van der Waals surface area contributed by atoms with Crippen molar-refractivity contribution in [3.05, 3.63) is 56.1 Å². The smallest absolute Gasteiger partial charge is 0.345 e. The lowest BCUT2D eigenvalue weighted by Crippen LogP contribution is -2.21. The minimum Gasteiger partial charge on any atom is -0.465 e. The van der Waals surface area contributed by atoms with Gasteiger partial charge in [-0.25, -0.2) is 9.59 Å². The average Bonchev–Trinajstić information content (AvgIpc) is 2.53. The Morgan fingerprint density at radius 1 is 1.30 bits per heavy atom. The molecule has 0 unspecified atom stereocenters. The number of aromatic nitrogens is 2. The number of nitrogens with one attached hydrogen (secondary N) is 1. The Morgan fingerprint density at radius 3 is 2.39 bits per heavy atom. The maximum atomic E-state index is 12.1. The molecule has 1 aromatic carbocycles. The molecule has 0 saturated heterocycles. The number of esters is 1. The fourth-order valence-electron chi connectivity index (χ4n) is 2.18. The molecule has 0 bridgehead atoms. The first kappa shape index (κ1) is 16.3. The number of carbonyl (C=O) groups is 1. The predicted octanol–water partition coefficient (Wildman–Crippen LogP) is 2.26. The first-order chi connectivity index (χ1) is 10.8. The van der Waals surface area contributed by atoms with Crippen LogP contribution in [0.3, 0.4) is 0 Å². The van der Waals surface area contributed by atoms with Crippen molar-refractivity contribution in [2.45, 2.75) is 19.8 Å². The molecule has 0 atom stereocenters. The van der Waals surface area contributed by atoms with E-state index in [9.17, 15) is 19.7 Å². The third kappa shape index (κ3) is 3.25. The summed E-state index contributed by atoms with van der Waals surface area (Å²) < 4.78 is 4.78. The number of nitro benzene ring substituents is 1. The van der Waals surface area contributed by atoms with Gasteiger partial charge in [0.15, 0.2) is 0 Å². The second-order valence-corrected chi connectivity index (χ2v) is 5.13. The summed E-state index contributed by atoms with van der Waals surface area (Å²) in [7, 11) is 1.23. The van der Waals surface area contributed by atoms with Gasteiger partial charge in [-0.05, 0) is 18.1 Å². The van der Waals surface area contributed by atoms with Crippen LogP contribution in [0.2, 0.25) is 0 Å². The summed E-state index contributed by atoms with van der Waals surface area (Å²) in [6.07, 6.45) is 0. The van der Waals surface area contributed by atoms with Crippen LogP contribution in [-0.4, -0.2) is 28.0 Å². The Balaban J connectivity index is 2.72. The van der Waals surface area contributed by atoms with Crippen molar-refractivity contribution in [2.75, 3.05) is 7.11 Å². The molecule has 2 rings (SSSR count). The first-order valence-corrected chi connectivity index (χ1v) is 6.82. The Bertz CT molecular complexity index is 809. The van der Waals surface area contributed by atoms with E-state index in [0.29, 0.717) is 11.3 Å². The van der Waals surface area contributed by atoms with E-state index in [1.807, 2.05) is 13.8 Å². The van der Waals surface area contributed by atoms with E-state index < -0.39 is 16.6 Å². The van der Waals surface area contributed by atoms with Gasteiger partial charge in [0, 0.05) is 23.4 Å². The Kier molecular flexibility index (Phi) is 4.54. The van der Waals surface area contributed by atoms with Gasteiger partial charge in [0.25, 0.3) is 5.69 Å². The molecule has 0 aliphatic rings. The number of aromatic amines is 1. The molecule has 1 heterocycles. The molecule has 1 N–H and O–H groups in total. The van der Waals surface area contributed by atoms with Gasteiger partial charge in [0.05, 0.1) is 17.7 Å². The van der Waals surface area contributed by atoms with Crippen LogP contribution in [0.1, 0.15) is 35.8 Å². The van der Waals surface area contributed by atoms with Crippen molar-refractivity contribution in [3.63, 3.8) is 0 Å². The van der Waals surface area contributed by atoms with Gasteiger partial charge in [0.2, 0.25) is 0 Å². The van der Waals surface area contributed by atoms with Crippen molar-refractivity contribution in [1.82, 2.24) is 9.97 Å². The van der Waals surface area contributed by atoms with Crippen molar-refractivity contribution < 1.29 is 14.5 Å². The lowest BCUT2D eigenvalue weighted by Gasteiger charge is -2.14. The summed E-state index contributed by atoms with van der Waals surface area (Å²) >= 11 is 0. The highest BCUT2D eigenvalue weighted by Gasteiger charge is 2.23. The SMILES string of the molecule is COC(=O)c1c(-c2ccc([N+](=O)[O-])cc2)nc(=O)[nH]c1C(C)C. The van der Waals surface area contributed by atoms with E-state index in [-0.39, 0.29) is 22.9 Å². The third-order valence-corrected chi connectivity index (χ3v) is 3.28. The molecular formula is C15H15N3O5. The minimum absolute atomic E-state index is 0.0951. The van der Waals surface area contributed by atoms with Gasteiger partial charge in [-0.3, -0.25) is 10.1 Å². The predicted molar refractivity (Wildman–Crippen MR) is 82.4 cm³/mol. The van der Waals surface area contributed by atoms with Gasteiger partial charge in [0.1, 0.15) is 5.56 Å². The van der Waals surface area contributed by atoms with Crippen LogP contribution in [0.4, 0.5) is 5.69 Å². The van der Waals surface area contributed by atoms with Crippen LogP contribution in [0.25, 0.3) is 11.3 Å². The normalized spacial score (nSPS) is 10.6. The number of rotatable bonds is 4. The van der Waals surface area contributed by atoms with Crippen LogP contribution in [0, 0.1) is 10.1 Å². The topological polar surface area (TPSA) is 115 Å². The van der Waals surface area contributed by atoms with Crippen LogP contribution >= 0.6 is 0 Å². The molecule has 1 aromatic heterocycles. The molecule has 8 heteroatoms. The van der Waals surface area contributed by atoms with Gasteiger partial charge in [-0.15, -0.1) is 0 Å². The van der Waals surface area contributed by atoms with Crippen LogP contribution in [0.15, 0.2) is 29.1 Å². The Labute approximate surface area is 131 Å². The maximum Gasteiger partial charge on any atom is 0.345 e. The number of hydrogen-bond donors (Lipinski definition) is 1. The van der Waals surface area contributed by atoms with Crippen LogP contribution < -0.4 is 5.69 Å². The van der Waals surface area contributed by atoms with Crippen LogP contribution in [-0.2, 0) is 4.74 Å². The largest absolute Gasteiger partial charge is 0.465 e. The number of methoxy groups -OCH3 is 1. The number of carbonyl (C=O) groups excluding carboxylic acids is 1. The maximum absolute atomic E-state index is 12.1. The Morgan fingerprint density at radius 2 is 1.91 bits per heavy atom. The fraction of sp³-hybridized carbons (Fsp3) is 0.267. The summed E-state index contributed by atoms with van der Waals surface area (Å²) in [5.41, 5.74) is 0.418. The summed E-state index contributed by atoms with van der Waals surface area (Å²) in [5, 5.41) is 10.7. The molecule has 0 radical (unpaired) electrons. The van der Waals surface area contributed by atoms with Crippen molar-refractivity contribution >= 4 is 11.7 Å². The molecule has 0 aliphatic heterocycles. The van der Waals surface area contributed by atoms with E-state index in [1.54, 1.807) is 0 Å². The van der Waals surface area contributed by atoms with E-state index in [1.165, 1.54) is 31.4 Å². The molecular weight excluding hydrogens is 302 g/mol. The standard InChI is InChI=1S/C15H15N3O5/c1-8(2)12-11(14(19)23-3)13(17-15(20)16-12)9-4-6-10(7-5-9)18(21)22/h4-8H,1-3H3,(H,16,17,20). The molecule has 120 valence electrons. The molecule has 0 amide bonds. The highest BCUT2D eigenvalue weighted by Crippen LogP contribution is 2.27. The molecule has 23 heavy (non-hydrogen) atoms. The number of hydrogen-bond acceptors (Lipinski definition) is 6. The molecule has 0 saturated carbocycles. The van der Waals surface area contributed by atoms with E-state index in [4.69, 9.17) is 4.74 Å². The fourth-order valence-corrected chi connectivity index (χ4v) is 2.18. The number of H-pyrrole nitrogens is 1. The summed E-state index contributed by atoms with van der Waals surface area (Å²) in [4.78, 5) is 40.5. The molecule has 0 spiro atoms. The zero-order chi connectivity index (χ0) is 17.1. The number of nitro groups is 1. The lowest BCUT2D eigenvalue weighted by atomic mass is 9.98. The molecule has 0 fully saturated rings. The summed E-state index contributed by atoms with van der Waals surface area (Å²) in [5.74, 6) is -0.776. The quantitative estimate of drug-likeness (QED) is 0.525. The lowest BCUT2D eigenvalue weighted by molar-refractivity contribution is -0.384. The van der Waals surface area contributed by atoms with E-state index >= 15 is 0 Å². The third-order valence-electron chi connectivity index (χ3n) is 3.28. The monoisotopic (exact) mass is 317 g/mol. The highest BCUT2D eigenvalue weighted by molar-refractivity contribution is 5.97. The van der Waals surface area contributed by atoms with Crippen molar-refractivity contribution in [2.24, 2.45) is 0 Å². The number of ether oxygens (including phenoxy) is 1. The van der Waals surface area contributed by atoms with Crippen molar-refractivity contribution in [3.8, 4) is 11.3 Å². The average molecular weight is 317 g/mol. The van der Waals surface area contributed by atoms with E-state index in [2.05, 4.69) is 9.97 Å². The Hall–Kier alpha value is -3.03. The second kappa shape index (κ2) is 6.39. The first-order valence-electron chi connectivity index (χ1n) is 6.82. The number of non-ortho nitro benzene ring substituents is 1. The minimum atomic E-state index is -0.634. The summed E-state index contributed by atoms with van der Waals surface area (Å²) in [6, 6.07) is 5.45. The zero-order valence-electron chi connectivity index (χ0n) is 12.8. The highest BCUT2D eigenvalue weighted by atomic mass is 16.6. The molecule has 0 aliphatic carbocycles. The second-order valence-electron chi connectivity index (χ2n) is 5.13.